The van der Waals surface area contributed by atoms with Crippen molar-refractivity contribution in [2.45, 2.75) is 103 Å². The maximum atomic E-state index is 12.7. The van der Waals surface area contributed by atoms with Gasteiger partial charge in [0, 0.05) is 19.4 Å². The molecule has 5 heteroatoms. The fourth-order valence-electron chi connectivity index (χ4n) is 5.91. The highest BCUT2D eigenvalue weighted by molar-refractivity contribution is 5.75. The summed E-state index contributed by atoms with van der Waals surface area (Å²) in [6.07, 6.45) is 22.0. The van der Waals surface area contributed by atoms with E-state index in [0.717, 1.165) is 62.2 Å². The van der Waals surface area contributed by atoms with Gasteiger partial charge in [0.15, 0.2) is 0 Å². The molecule has 1 aromatic rings. The summed E-state index contributed by atoms with van der Waals surface area (Å²) in [6.45, 7) is 6.27. The average Bonchev–Trinajstić information content (AvgIpc) is 2.92. The molecule has 1 aromatic heterocycles. The maximum Gasteiger partial charge on any atom is 0.314 e. The summed E-state index contributed by atoms with van der Waals surface area (Å²) in [5.41, 5.74) is 1.07. The van der Waals surface area contributed by atoms with Crippen molar-refractivity contribution >= 4 is 12.3 Å². The molecule has 5 nitrogen and oxygen atoms in total. The first-order valence-electron chi connectivity index (χ1n) is 14.3. The first-order valence-corrected chi connectivity index (χ1v) is 14.3. The minimum atomic E-state index is -0.0530. The zero-order valence-electron chi connectivity index (χ0n) is 22.8. The molecule has 2 aliphatic rings. The molecule has 202 valence electrons. The molecule has 0 saturated heterocycles. The molecule has 0 unspecified atom stereocenters. The predicted molar refractivity (Wildman–Crippen MR) is 146 cm³/mol. The Balaban J connectivity index is 0.00000106. The third-order valence-corrected chi connectivity index (χ3v) is 8.00. The van der Waals surface area contributed by atoms with E-state index in [2.05, 4.69) is 18.5 Å². The predicted octanol–water partition coefficient (Wildman–Crippen LogP) is 7.52. The topological polar surface area (TPSA) is 65.5 Å². The number of carbonyl (C=O) groups is 2. The number of aldehydes is 1. The van der Waals surface area contributed by atoms with Crippen molar-refractivity contribution in [3.05, 3.63) is 36.7 Å². The Morgan fingerprint density at radius 1 is 1.00 bits per heavy atom. The minimum Gasteiger partial charge on any atom is -0.425 e. The molecular formula is C31H49NO4. The van der Waals surface area contributed by atoms with Crippen molar-refractivity contribution < 1.29 is 19.1 Å². The number of carbonyl (C=O) groups excluding carboxylic acids is 2. The van der Waals surface area contributed by atoms with Gasteiger partial charge in [0.25, 0.3) is 0 Å². The van der Waals surface area contributed by atoms with Crippen LogP contribution >= 0.6 is 0 Å². The Labute approximate surface area is 219 Å². The standard InChI is InChI=1S/C28H45NO3.C3H4O/c1-3-8-22-10-12-23(13-11-22)24-14-16-25(17-15-24)28(30)32-27-19-18-26(29-21-27)9-6-4-5-7-20-31-2;1-2-3-4/h18-19,21-25H,3-17,20H2,1-2H3;2-3H,1H2. The molecule has 2 fully saturated rings. The lowest BCUT2D eigenvalue weighted by atomic mass is 9.69. The molecule has 3 rings (SSSR count). The zero-order chi connectivity index (χ0) is 26.0. The molecule has 36 heavy (non-hydrogen) atoms. The van der Waals surface area contributed by atoms with E-state index < -0.39 is 0 Å². The van der Waals surface area contributed by atoms with Crippen LogP contribution in [0.1, 0.15) is 103 Å². The van der Waals surface area contributed by atoms with E-state index >= 15 is 0 Å². The van der Waals surface area contributed by atoms with E-state index in [9.17, 15) is 4.79 Å². The van der Waals surface area contributed by atoms with Crippen molar-refractivity contribution in [3.8, 4) is 5.75 Å². The molecular weight excluding hydrogens is 450 g/mol. The minimum absolute atomic E-state index is 0.0530. The lowest BCUT2D eigenvalue weighted by molar-refractivity contribution is -0.140. The third kappa shape index (κ3) is 11.4. The van der Waals surface area contributed by atoms with Crippen LogP contribution in [0, 0.1) is 23.7 Å². The second-order valence-electron chi connectivity index (χ2n) is 10.6. The summed E-state index contributed by atoms with van der Waals surface area (Å²) in [5.74, 6) is 3.31. The van der Waals surface area contributed by atoms with Gasteiger partial charge < -0.3 is 9.47 Å². The number of methoxy groups -OCH3 is 1. The number of rotatable bonds is 13. The van der Waals surface area contributed by atoms with Crippen LogP contribution in [0.3, 0.4) is 0 Å². The van der Waals surface area contributed by atoms with Crippen LogP contribution in [0.25, 0.3) is 0 Å². The van der Waals surface area contributed by atoms with Crippen molar-refractivity contribution in [2.75, 3.05) is 13.7 Å². The summed E-state index contributed by atoms with van der Waals surface area (Å²) in [6, 6.07) is 3.91. The quantitative estimate of drug-likeness (QED) is 0.121. The van der Waals surface area contributed by atoms with Crippen molar-refractivity contribution in [2.24, 2.45) is 23.7 Å². The number of allylic oxidation sites excluding steroid dienone is 1. The van der Waals surface area contributed by atoms with Gasteiger partial charge in [-0.1, -0.05) is 52.0 Å². The Hall–Kier alpha value is -2.01. The third-order valence-electron chi connectivity index (χ3n) is 8.00. The Kier molecular flexibility index (Phi) is 15.3. The molecule has 0 N–H and O–H groups in total. The molecule has 2 aliphatic carbocycles. The maximum absolute atomic E-state index is 12.7. The van der Waals surface area contributed by atoms with Crippen LogP contribution in [-0.4, -0.2) is 31.0 Å². The van der Waals surface area contributed by atoms with Crippen LogP contribution in [0.4, 0.5) is 0 Å². The highest BCUT2D eigenvalue weighted by atomic mass is 16.5. The molecule has 0 atom stereocenters. The number of pyridine rings is 1. The normalized spacial score (nSPS) is 23.7. The highest BCUT2D eigenvalue weighted by Gasteiger charge is 2.33. The summed E-state index contributed by atoms with van der Waals surface area (Å²) >= 11 is 0. The SMILES string of the molecule is C=CC=O.CCCC1CCC(C2CCC(C(=O)Oc3ccc(CCCCCCOC)nc3)CC2)CC1. The smallest absolute Gasteiger partial charge is 0.314 e. The van der Waals surface area contributed by atoms with Gasteiger partial charge in [0.1, 0.15) is 12.0 Å². The Bertz CT molecular complexity index is 725. The fraction of sp³-hybridized carbons (Fsp3) is 0.710. The van der Waals surface area contributed by atoms with Crippen LogP contribution in [0.2, 0.25) is 0 Å². The van der Waals surface area contributed by atoms with E-state index in [-0.39, 0.29) is 11.9 Å². The highest BCUT2D eigenvalue weighted by Crippen LogP contribution is 2.42. The van der Waals surface area contributed by atoms with Gasteiger partial charge in [0.05, 0.1) is 12.1 Å². The summed E-state index contributed by atoms with van der Waals surface area (Å²) in [5, 5.41) is 0. The molecule has 1 heterocycles. The number of esters is 1. The molecule has 2 saturated carbocycles. The van der Waals surface area contributed by atoms with Crippen LogP contribution in [-0.2, 0) is 20.7 Å². The van der Waals surface area contributed by atoms with Gasteiger partial charge >= 0.3 is 5.97 Å². The molecule has 0 aromatic carbocycles. The first kappa shape index (κ1) is 30.2. The summed E-state index contributed by atoms with van der Waals surface area (Å²) in [7, 11) is 1.75. The zero-order valence-corrected chi connectivity index (χ0v) is 22.8. The number of aromatic nitrogens is 1. The molecule has 0 aliphatic heterocycles. The number of hydrogen-bond donors (Lipinski definition) is 0. The fourth-order valence-corrected chi connectivity index (χ4v) is 5.91. The van der Waals surface area contributed by atoms with Crippen molar-refractivity contribution in [1.82, 2.24) is 4.98 Å². The molecule has 0 amide bonds. The number of unbranched alkanes of at least 4 members (excludes halogenated alkanes) is 3. The summed E-state index contributed by atoms with van der Waals surface area (Å²) < 4.78 is 10.8. The van der Waals surface area contributed by atoms with E-state index in [4.69, 9.17) is 14.3 Å². The van der Waals surface area contributed by atoms with Crippen LogP contribution in [0.15, 0.2) is 31.0 Å². The van der Waals surface area contributed by atoms with Gasteiger partial charge in [-0.05, 0) is 93.7 Å². The van der Waals surface area contributed by atoms with Gasteiger partial charge in [-0.15, -0.1) is 0 Å². The number of hydrogen-bond acceptors (Lipinski definition) is 5. The number of aryl methyl sites for hydroxylation is 1. The number of nitrogens with zero attached hydrogens (tertiary/aromatic N) is 1. The van der Waals surface area contributed by atoms with Gasteiger partial charge in [-0.3, -0.25) is 14.6 Å². The monoisotopic (exact) mass is 499 g/mol. The van der Waals surface area contributed by atoms with Gasteiger partial charge in [-0.25, -0.2) is 0 Å². The van der Waals surface area contributed by atoms with E-state index in [0.29, 0.717) is 12.0 Å². The van der Waals surface area contributed by atoms with Crippen molar-refractivity contribution in [3.63, 3.8) is 0 Å². The number of ether oxygens (including phenoxy) is 2. The van der Waals surface area contributed by atoms with Gasteiger partial charge in [-0.2, -0.15) is 0 Å². The largest absolute Gasteiger partial charge is 0.425 e. The van der Waals surface area contributed by atoms with E-state index in [1.165, 1.54) is 70.3 Å². The van der Waals surface area contributed by atoms with E-state index in [1.807, 2.05) is 12.1 Å². The average molecular weight is 500 g/mol. The van der Waals surface area contributed by atoms with Crippen LogP contribution < -0.4 is 4.74 Å². The lowest BCUT2D eigenvalue weighted by Crippen LogP contribution is -2.30. The molecule has 0 spiro atoms. The Morgan fingerprint density at radius 3 is 2.19 bits per heavy atom. The second kappa shape index (κ2) is 18.3. The second-order valence-corrected chi connectivity index (χ2v) is 10.6. The first-order chi connectivity index (χ1) is 17.6. The summed E-state index contributed by atoms with van der Waals surface area (Å²) in [4.78, 5) is 26.2. The van der Waals surface area contributed by atoms with E-state index in [1.54, 1.807) is 13.3 Å². The molecule has 0 radical (unpaired) electrons. The van der Waals surface area contributed by atoms with Crippen LogP contribution in [0.5, 0.6) is 5.75 Å². The van der Waals surface area contributed by atoms with Gasteiger partial charge in [0.2, 0.25) is 0 Å². The Morgan fingerprint density at radius 2 is 1.64 bits per heavy atom. The van der Waals surface area contributed by atoms with Crippen molar-refractivity contribution in [1.29, 1.82) is 0 Å². The lowest BCUT2D eigenvalue weighted by Gasteiger charge is -2.37. The molecule has 0 bridgehead atoms.